The molecule has 2 aliphatic rings. The summed E-state index contributed by atoms with van der Waals surface area (Å²) in [4.78, 5) is 16.4. The van der Waals surface area contributed by atoms with Crippen LogP contribution >= 0.6 is 11.6 Å². The van der Waals surface area contributed by atoms with E-state index in [1.165, 1.54) is 5.54 Å². The SMILES string of the molecule is CNCC1=C(/C=C\Cl)C(=O)N(C(C)C2=CC(C)=C(OCC(F)(F)F)CN2C)C1. The van der Waals surface area contributed by atoms with Crippen LogP contribution in [0, 0.1) is 0 Å². The normalized spacial score (nSPS) is 19.9. The van der Waals surface area contributed by atoms with Gasteiger partial charge in [-0.05, 0) is 44.2 Å². The maximum absolute atomic E-state index is 12.9. The van der Waals surface area contributed by atoms with Crippen LogP contribution in [0.4, 0.5) is 13.2 Å². The molecule has 0 spiro atoms. The van der Waals surface area contributed by atoms with Gasteiger partial charge in [-0.15, -0.1) is 0 Å². The van der Waals surface area contributed by atoms with E-state index in [4.69, 9.17) is 16.3 Å². The van der Waals surface area contributed by atoms with E-state index in [9.17, 15) is 18.0 Å². The van der Waals surface area contributed by atoms with Gasteiger partial charge in [0.2, 0.25) is 0 Å². The minimum atomic E-state index is -4.38. The minimum Gasteiger partial charge on any atom is -0.486 e. The molecule has 0 saturated heterocycles. The zero-order valence-electron chi connectivity index (χ0n) is 16.4. The van der Waals surface area contributed by atoms with Crippen LogP contribution in [0.2, 0.25) is 0 Å². The number of allylic oxidation sites excluding steroid dienone is 2. The van der Waals surface area contributed by atoms with E-state index in [0.29, 0.717) is 24.2 Å². The van der Waals surface area contributed by atoms with E-state index in [-0.39, 0.29) is 24.3 Å². The van der Waals surface area contributed by atoms with Crippen LogP contribution in [0.3, 0.4) is 0 Å². The van der Waals surface area contributed by atoms with E-state index in [2.05, 4.69) is 5.32 Å². The second-order valence-corrected chi connectivity index (χ2v) is 7.14. The third-order valence-corrected chi connectivity index (χ3v) is 4.91. The number of amides is 1. The fourth-order valence-corrected chi connectivity index (χ4v) is 3.50. The van der Waals surface area contributed by atoms with Gasteiger partial charge < -0.3 is 19.9 Å². The van der Waals surface area contributed by atoms with Gasteiger partial charge in [0.1, 0.15) is 5.76 Å². The van der Waals surface area contributed by atoms with Crippen LogP contribution in [0.5, 0.6) is 0 Å². The number of halogens is 4. The number of ether oxygens (including phenoxy) is 1. The van der Waals surface area contributed by atoms with Crippen molar-refractivity contribution in [3.05, 3.63) is 45.9 Å². The summed E-state index contributed by atoms with van der Waals surface area (Å²) in [6.07, 6.45) is -1.01. The van der Waals surface area contributed by atoms with Crippen molar-refractivity contribution in [1.29, 1.82) is 0 Å². The Labute approximate surface area is 168 Å². The number of alkyl halides is 3. The van der Waals surface area contributed by atoms with Crippen molar-refractivity contribution in [3.8, 4) is 0 Å². The highest BCUT2D eigenvalue weighted by Gasteiger charge is 2.35. The van der Waals surface area contributed by atoms with Crippen molar-refractivity contribution in [3.63, 3.8) is 0 Å². The molecule has 28 heavy (non-hydrogen) atoms. The summed E-state index contributed by atoms with van der Waals surface area (Å²) in [5.74, 6) is 0.160. The zero-order valence-corrected chi connectivity index (χ0v) is 17.1. The van der Waals surface area contributed by atoms with Gasteiger partial charge in [-0.2, -0.15) is 13.2 Å². The lowest BCUT2D eigenvalue weighted by molar-refractivity contribution is -0.165. The Morgan fingerprint density at radius 2 is 2.07 bits per heavy atom. The number of hydrogen-bond donors (Lipinski definition) is 1. The molecule has 0 fully saturated rings. The molecule has 1 N–H and O–H groups in total. The van der Waals surface area contributed by atoms with Crippen LogP contribution in [-0.4, -0.2) is 68.3 Å². The summed E-state index contributed by atoms with van der Waals surface area (Å²) in [6, 6.07) is -0.260. The largest absolute Gasteiger partial charge is 0.486 e. The van der Waals surface area contributed by atoms with Gasteiger partial charge in [-0.25, -0.2) is 0 Å². The smallest absolute Gasteiger partial charge is 0.422 e. The summed E-state index contributed by atoms with van der Waals surface area (Å²) in [7, 11) is 3.58. The van der Waals surface area contributed by atoms with Gasteiger partial charge in [-0.1, -0.05) is 11.6 Å². The average molecular weight is 420 g/mol. The molecule has 0 aromatic heterocycles. The molecule has 5 nitrogen and oxygen atoms in total. The molecule has 2 rings (SSSR count). The lowest BCUT2D eigenvalue weighted by atomic mass is 10.0. The summed E-state index contributed by atoms with van der Waals surface area (Å²) < 4.78 is 42.3. The molecule has 0 aromatic rings. The third-order valence-electron chi connectivity index (χ3n) is 4.78. The van der Waals surface area contributed by atoms with Gasteiger partial charge in [0, 0.05) is 36.9 Å². The first-order valence-corrected chi connectivity index (χ1v) is 9.29. The highest BCUT2D eigenvalue weighted by molar-refractivity contribution is 6.26. The Kier molecular flexibility index (Phi) is 7.22. The fourth-order valence-electron chi connectivity index (χ4n) is 3.37. The average Bonchev–Trinajstić information content (AvgIpc) is 2.91. The van der Waals surface area contributed by atoms with Crippen molar-refractivity contribution in [2.45, 2.75) is 26.1 Å². The highest BCUT2D eigenvalue weighted by atomic mass is 35.5. The molecule has 1 unspecified atom stereocenters. The highest BCUT2D eigenvalue weighted by Crippen LogP contribution is 2.30. The van der Waals surface area contributed by atoms with Gasteiger partial charge in [0.05, 0.1) is 12.6 Å². The van der Waals surface area contributed by atoms with Gasteiger partial charge >= 0.3 is 6.18 Å². The molecule has 2 aliphatic heterocycles. The Morgan fingerprint density at radius 3 is 2.64 bits per heavy atom. The van der Waals surface area contributed by atoms with E-state index in [1.807, 2.05) is 11.8 Å². The number of likely N-dealkylation sites (N-methyl/N-ethyl adjacent to an activating group) is 2. The third kappa shape index (κ3) is 5.11. The second-order valence-electron chi connectivity index (χ2n) is 6.88. The fraction of sp³-hybridized carbons (Fsp3) is 0.526. The lowest BCUT2D eigenvalue weighted by Crippen LogP contribution is -2.43. The minimum absolute atomic E-state index is 0.121. The topological polar surface area (TPSA) is 44.8 Å². The number of carbonyl (C=O) groups is 1. The molecule has 1 atom stereocenters. The van der Waals surface area contributed by atoms with Crippen molar-refractivity contribution in [2.75, 3.05) is 40.3 Å². The maximum atomic E-state index is 12.9. The molecule has 0 bridgehead atoms. The van der Waals surface area contributed by atoms with Crippen LogP contribution in [-0.2, 0) is 9.53 Å². The predicted octanol–water partition coefficient (Wildman–Crippen LogP) is 3.17. The number of rotatable bonds is 7. The molecule has 156 valence electrons. The van der Waals surface area contributed by atoms with Crippen molar-refractivity contribution in [1.82, 2.24) is 15.1 Å². The first kappa shape index (κ1) is 22.4. The first-order chi connectivity index (χ1) is 13.1. The Morgan fingerprint density at radius 1 is 1.39 bits per heavy atom. The molecule has 0 aliphatic carbocycles. The van der Waals surface area contributed by atoms with Gasteiger partial charge in [-0.3, -0.25) is 4.79 Å². The van der Waals surface area contributed by atoms with E-state index < -0.39 is 12.8 Å². The molecule has 2 heterocycles. The van der Waals surface area contributed by atoms with Gasteiger partial charge in [0.15, 0.2) is 6.61 Å². The zero-order chi connectivity index (χ0) is 21.1. The summed E-state index contributed by atoms with van der Waals surface area (Å²) >= 11 is 5.68. The number of nitrogens with zero attached hydrogens (tertiary/aromatic N) is 2. The van der Waals surface area contributed by atoms with Crippen LogP contribution < -0.4 is 5.32 Å². The van der Waals surface area contributed by atoms with Crippen LogP contribution in [0.1, 0.15) is 13.8 Å². The van der Waals surface area contributed by atoms with E-state index in [0.717, 1.165) is 11.3 Å². The quantitative estimate of drug-likeness (QED) is 0.688. The predicted molar refractivity (Wildman–Crippen MR) is 103 cm³/mol. The molecular weight excluding hydrogens is 395 g/mol. The Balaban J connectivity index is 2.21. The monoisotopic (exact) mass is 419 g/mol. The van der Waals surface area contributed by atoms with Crippen LogP contribution in [0.15, 0.2) is 45.9 Å². The standard InChI is InChI=1S/C19H25ClF3N3O2/c1-12-7-16(25(4)10-17(12)28-11-19(21,22)23)13(2)26-9-14(8-24-3)15(5-6-20)18(26)27/h5-7,13,24H,8-11H2,1-4H3/b6-5-. The Hall–Kier alpha value is -1.93. The molecule has 0 aromatic carbocycles. The number of nitrogens with one attached hydrogen (secondary N) is 1. The molecule has 1 amide bonds. The van der Waals surface area contributed by atoms with Crippen molar-refractivity contribution >= 4 is 17.5 Å². The van der Waals surface area contributed by atoms with Crippen LogP contribution in [0.25, 0.3) is 0 Å². The summed E-state index contributed by atoms with van der Waals surface area (Å²) in [5, 5.41) is 3.05. The van der Waals surface area contributed by atoms with Crippen molar-refractivity contribution < 1.29 is 22.7 Å². The maximum Gasteiger partial charge on any atom is 0.422 e. The summed E-state index contributed by atoms with van der Waals surface area (Å²) in [6.45, 7) is 3.54. The number of hydrogen-bond acceptors (Lipinski definition) is 4. The molecular formula is C19H25ClF3N3O2. The molecule has 0 radical (unpaired) electrons. The number of carbonyl (C=O) groups excluding carboxylic acids is 1. The first-order valence-electron chi connectivity index (χ1n) is 8.85. The lowest BCUT2D eigenvalue weighted by Gasteiger charge is -2.36. The second kappa shape index (κ2) is 9.05. The van der Waals surface area contributed by atoms with E-state index >= 15 is 0 Å². The summed E-state index contributed by atoms with van der Waals surface area (Å²) in [5.41, 5.74) is 4.29. The molecule has 9 heteroatoms. The van der Waals surface area contributed by atoms with Gasteiger partial charge in [0.25, 0.3) is 5.91 Å². The van der Waals surface area contributed by atoms with Crippen molar-refractivity contribution in [2.24, 2.45) is 0 Å². The Bertz CT molecular complexity index is 741. The molecule has 0 saturated carbocycles. The van der Waals surface area contributed by atoms with E-state index in [1.54, 1.807) is 38.1 Å².